The number of quaternary nitrogens is 1. The van der Waals surface area contributed by atoms with Crippen LogP contribution in [0.25, 0.3) is 0 Å². The van der Waals surface area contributed by atoms with Crippen LogP contribution < -0.4 is 5.19 Å². The number of hydrogen-bond acceptors (Lipinski definition) is 4. The fraction of sp³-hybridized carbons (Fsp3) is 0.650. The molecule has 0 unspecified atom stereocenters. The molecule has 3 rings (SSSR count). The molecule has 6 heteroatoms. The van der Waals surface area contributed by atoms with Gasteiger partial charge in [0.1, 0.15) is 11.5 Å². The third kappa shape index (κ3) is 10.8. The number of unbranched alkanes of at least 4 members (excludes halogenated alkanes) is 3. The van der Waals surface area contributed by atoms with E-state index in [-0.39, 0.29) is 12.1 Å². The monoisotopic (exact) mass is 648 g/mol. The molecule has 1 aliphatic rings. The number of hydrogen-bond donors (Lipinski definition) is 2. The smallest absolute Gasteiger partial charge is 0.127 e. The summed E-state index contributed by atoms with van der Waals surface area (Å²) in [6.45, 7) is 23.3. The van der Waals surface area contributed by atoms with Crippen LogP contribution >= 0.6 is 0 Å². The Hall–Kier alpha value is -2.44. The van der Waals surface area contributed by atoms with Gasteiger partial charge in [-0.05, 0) is 88.1 Å². The van der Waals surface area contributed by atoms with Crippen molar-refractivity contribution in [3.63, 3.8) is 0 Å². The van der Waals surface area contributed by atoms with Crippen molar-refractivity contribution in [2.45, 2.75) is 143 Å². The molecule has 0 heterocycles. The lowest BCUT2D eigenvalue weighted by Gasteiger charge is -2.40. The highest BCUT2D eigenvalue weighted by molar-refractivity contribution is 6.89. The van der Waals surface area contributed by atoms with E-state index in [1.54, 1.807) is 0 Å². The van der Waals surface area contributed by atoms with E-state index in [9.17, 15) is 10.2 Å². The molecule has 2 aromatic carbocycles. The molecule has 1 fully saturated rings. The average molecular weight is 649 g/mol. The third-order valence-electron chi connectivity index (χ3n) is 10.5. The maximum absolute atomic E-state index is 11.1. The van der Waals surface area contributed by atoms with Crippen LogP contribution in [0.3, 0.4) is 0 Å². The lowest BCUT2D eigenvalue weighted by Crippen LogP contribution is -2.51. The van der Waals surface area contributed by atoms with Gasteiger partial charge in [-0.3, -0.25) is 9.98 Å². The van der Waals surface area contributed by atoms with Gasteiger partial charge >= 0.3 is 0 Å². The number of aliphatic imine (C=N–C) groups is 2. The third-order valence-corrected chi connectivity index (χ3v) is 13.9. The first-order chi connectivity index (χ1) is 21.9. The molecule has 0 aliphatic heterocycles. The number of benzene rings is 2. The maximum Gasteiger partial charge on any atom is 0.127 e. The van der Waals surface area contributed by atoms with E-state index < -0.39 is 8.07 Å². The van der Waals surface area contributed by atoms with Crippen molar-refractivity contribution in [1.82, 2.24) is 0 Å². The zero-order valence-corrected chi connectivity index (χ0v) is 31.7. The quantitative estimate of drug-likeness (QED) is 0.0961. The average Bonchev–Trinajstić information content (AvgIpc) is 3.03. The normalized spacial score (nSPS) is 17.8. The van der Waals surface area contributed by atoms with Crippen LogP contribution in [0.1, 0.15) is 119 Å². The van der Waals surface area contributed by atoms with Crippen LogP contribution in [0.4, 0.5) is 0 Å². The molecule has 0 amide bonds. The van der Waals surface area contributed by atoms with E-state index in [1.165, 1.54) is 86.8 Å². The number of aromatic hydroxyl groups is 2. The van der Waals surface area contributed by atoms with Crippen LogP contribution in [-0.4, -0.2) is 73.5 Å². The van der Waals surface area contributed by atoms with Crippen molar-refractivity contribution in [2.75, 3.05) is 26.2 Å². The fourth-order valence-electron chi connectivity index (χ4n) is 7.33. The van der Waals surface area contributed by atoms with Gasteiger partial charge in [0.2, 0.25) is 0 Å². The Balaban J connectivity index is 1.77. The zero-order chi connectivity index (χ0) is 33.7. The van der Waals surface area contributed by atoms with Gasteiger partial charge in [-0.15, -0.1) is 0 Å². The Morgan fingerprint density at radius 1 is 0.696 bits per heavy atom. The number of nitrogens with zero attached hydrogens (tertiary/aromatic N) is 3. The van der Waals surface area contributed by atoms with E-state index in [0.717, 1.165) is 53.5 Å². The summed E-state index contributed by atoms with van der Waals surface area (Å²) in [7, 11) is -1.74. The highest BCUT2D eigenvalue weighted by atomic mass is 28.3. The van der Waals surface area contributed by atoms with Gasteiger partial charge in [-0.25, -0.2) is 0 Å². The van der Waals surface area contributed by atoms with Gasteiger partial charge in [0.05, 0.1) is 46.3 Å². The predicted octanol–water partition coefficient (Wildman–Crippen LogP) is 9.39. The van der Waals surface area contributed by atoms with Gasteiger partial charge in [0.15, 0.2) is 0 Å². The van der Waals surface area contributed by atoms with Gasteiger partial charge in [0, 0.05) is 23.6 Å². The van der Waals surface area contributed by atoms with E-state index in [2.05, 4.69) is 46.0 Å². The maximum atomic E-state index is 11.1. The van der Waals surface area contributed by atoms with E-state index in [1.807, 2.05) is 45.3 Å². The molecule has 46 heavy (non-hydrogen) atoms. The molecule has 2 N–H and O–H groups in total. The van der Waals surface area contributed by atoms with Gasteiger partial charge < -0.3 is 14.7 Å². The summed E-state index contributed by atoms with van der Waals surface area (Å²) >= 11 is 0. The van der Waals surface area contributed by atoms with Gasteiger partial charge in [0.25, 0.3) is 0 Å². The second-order valence-electron chi connectivity index (χ2n) is 15.0. The highest BCUT2D eigenvalue weighted by Gasteiger charge is 2.30. The molecule has 0 bridgehead atoms. The fourth-order valence-corrected chi connectivity index (χ4v) is 9.82. The highest BCUT2D eigenvalue weighted by Crippen LogP contribution is 2.28. The molecule has 256 valence electrons. The Kier molecular flexibility index (Phi) is 15.0. The molecule has 1 saturated carbocycles. The number of aryl methyl sites for hydroxylation is 3. The second-order valence-corrected chi connectivity index (χ2v) is 19.9. The number of phenolic OH excluding ortho intramolecular Hbond substituents is 2. The number of phenols is 2. The summed E-state index contributed by atoms with van der Waals surface area (Å²) < 4.78 is 1.31. The molecular weight excluding hydrogens is 583 g/mol. The van der Waals surface area contributed by atoms with Crippen LogP contribution in [0, 0.1) is 20.8 Å². The standard InChI is InChI=1S/C40H65N3O2Si/c1-9-12-20-43(21-13-10-2,22-14-11-3)23-17-24-46(7,8)36-27-33(6)40(45)35(28-36)30-42-38-19-16-15-18-37(38)41-29-34-26-31(4)25-32(5)39(34)44/h25-30,37-38H,9-24H2,1-8H3,(H-,41,42,44,45)/p+1/t37-,38-/m0/s1. The SMILES string of the molecule is CCCC[N+](CCCC)(CCCC)CCC[Si](C)(C)c1cc(C)c(O)c(C=N[C@H]2CCCC[C@@H]2N=Cc2cc(C)cc(C)c2O)c1. The molecule has 2 atom stereocenters. The molecule has 0 saturated heterocycles. The number of rotatable bonds is 18. The Morgan fingerprint density at radius 2 is 1.15 bits per heavy atom. The molecule has 0 radical (unpaired) electrons. The molecule has 5 nitrogen and oxygen atoms in total. The summed E-state index contributed by atoms with van der Waals surface area (Å²) in [5, 5.41) is 23.1. The van der Waals surface area contributed by atoms with E-state index in [4.69, 9.17) is 9.98 Å². The molecule has 0 aromatic heterocycles. The lowest BCUT2D eigenvalue weighted by atomic mass is 9.91. The summed E-state index contributed by atoms with van der Waals surface area (Å²) in [6.07, 6.45) is 17.1. The van der Waals surface area contributed by atoms with Crippen molar-refractivity contribution in [3.8, 4) is 11.5 Å². The van der Waals surface area contributed by atoms with Gasteiger partial charge in [-0.1, -0.05) is 89.4 Å². The first-order valence-electron chi connectivity index (χ1n) is 18.5. The summed E-state index contributed by atoms with van der Waals surface area (Å²) in [5.74, 6) is 0.657. The van der Waals surface area contributed by atoms with Crippen molar-refractivity contribution in [1.29, 1.82) is 0 Å². The molecule has 0 spiro atoms. The summed E-state index contributed by atoms with van der Waals surface area (Å²) in [5.41, 5.74) is 4.56. The molecule has 1 aliphatic carbocycles. The van der Waals surface area contributed by atoms with Crippen LogP contribution in [-0.2, 0) is 0 Å². The Morgan fingerprint density at radius 3 is 1.65 bits per heavy atom. The van der Waals surface area contributed by atoms with Gasteiger partial charge in [-0.2, -0.15) is 0 Å². The second kappa shape index (κ2) is 18.2. The van der Waals surface area contributed by atoms with Crippen molar-refractivity contribution in [2.24, 2.45) is 9.98 Å². The summed E-state index contributed by atoms with van der Waals surface area (Å²) in [4.78, 5) is 10.0. The van der Waals surface area contributed by atoms with Crippen LogP contribution in [0.5, 0.6) is 11.5 Å². The Labute approximate surface area is 282 Å². The molecular formula is C40H66N3O2Si+. The Bertz CT molecular complexity index is 1280. The molecule has 2 aromatic rings. The van der Waals surface area contributed by atoms with Crippen molar-refractivity contribution < 1.29 is 14.7 Å². The van der Waals surface area contributed by atoms with Crippen LogP contribution in [0.15, 0.2) is 34.3 Å². The predicted molar refractivity (Wildman–Crippen MR) is 203 cm³/mol. The minimum atomic E-state index is -1.74. The minimum Gasteiger partial charge on any atom is -0.507 e. The van der Waals surface area contributed by atoms with E-state index in [0.29, 0.717) is 11.5 Å². The first-order valence-corrected chi connectivity index (χ1v) is 21.7. The lowest BCUT2D eigenvalue weighted by molar-refractivity contribution is -0.928. The van der Waals surface area contributed by atoms with Crippen LogP contribution in [0.2, 0.25) is 19.1 Å². The largest absolute Gasteiger partial charge is 0.507 e. The topological polar surface area (TPSA) is 65.2 Å². The van der Waals surface area contributed by atoms with Crippen molar-refractivity contribution >= 4 is 25.7 Å². The summed E-state index contributed by atoms with van der Waals surface area (Å²) in [6, 6.07) is 9.89. The van der Waals surface area contributed by atoms with E-state index >= 15 is 0 Å². The van der Waals surface area contributed by atoms with Crippen molar-refractivity contribution in [3.05, 3.63) is 52.1 Å². The zero-order valence-electron chi connectivity index (χ0n) is 30.7. The first kappa shape index (κ1) is 38.0. The minimum absolute atomic E-state index is 0.0759.